The van der Waals surface area contributed by atoms with Crippen molar-refractivity contribution in [2.24, 2.45) is 17.8 Å². The second-order valence-corrected chi connectivity index (χ2v) is 10.3. The molecule has 184 valence electrons. The molecule has 34 heavy (non-hydrogen) atoms. The van der Waals surface area contributed by atoms with Crippen molar-refractivity contribution in [3.05, 3.63) is 34.1 Å². The highest BCUT2D eigenvalue weighted by molar-refractivity contribution is 7.99. The SMILES string of the molecule is COCCCn1c(SCC(=O)N[C@H](C)[C@H]2C[C@@H]3CC[C@@H]2C3)nc2cc(C(=O)OC)ccc2c1=O. The van der Waals surface area contributed by atoms with Crippen molar-refractivity contribution in [1.29, 1.82) is 0 Å². The lowest BCUT2D eigenvalue weighted by Crippen LogP contribution is -2.41. The normalized spacial score (nSPS) is 22.1. The molecule has 9 heteroatoms. The Hall–Kier alpha value is -2.39. The molecule has 2 aromatic rings. The highest BCUT2D eigenvalue weighted by Gasteiger charge is 2.42. The van der Waals surface area contributed by atoms with Gasteiger partial charge in [-0.05, 0) is 68.6 Å². The van der Waals surface area contributed by atoms with Crippen molar-refractivity contribution in [1.82, 2.24) is 14.9 Å². The molecule has 2 saturated carbocycles. The Bertz CT molecular complexity index is 1120. The first-order chi connectivity index (χ1) is 16.4. The van der Waals surface area contributed by atoms with Crippen molar-refractivity contribution in [3.8, 4) is 0 Å². The van der Waals surface area contributed by atoms with Gasteiger partial charge in [0.05, 0.1) is 29.3 Å². The molecule has 4 rings (SSSR count). The predicted molar refractivity (Wildman–Crippen MR) is 131 cm³/mol. The second-order valence-electron chi connectivity index (χ2n) is 9.40. The highest BCUT2D eigenvalue weighted by Crippen LogP contribution is 2.49. The summed E-state index contributed by atoms with van der Waals surface area (Å²) in [6.07, 6.45) is 5.79. The maximum absolute atomic E-state index is 13.2. The number of hydrogen-bond acceptors (Lipinski definition) is 7. The number of nitrogens with zero attached hydrogens (tertiary/aromatic N) is 2. The molecule has 2 bridgehead atoms. The largest absolute Gasteiger partial charge is 0.465 e. The number of aromatic nitrogens is 2. The van der Waals surface area contributed by atoms with Crippen LogP contribution in [0.5, 0.6) is 0 Å². The molecule has 1 aromatic carbocycles. The van der Waals surface area contributed by atoms with Crippen LogP contribution >= 0.6 is 11.8 Å². The number of fused-ring (bicyclic) bond motifs is 3. The Morgan fingerprint density at radius 1 is 1.26 bits per heavy atom. The van der Waals surface area contributed by atoms with Crippen molar-refractivity contribution < 1.29 is 19.1 Å². The van der Waals surface area contributed by atoms with Crippen molar-refractivity contribution >= 4 is 34.5 Å². The highest BCUT2D eigenvalue weighted by atomic mass is 32.2. The summed E-state index contributed by atoms with van der Waals surface area (Å²) in [5.74, 6) is 1.77. The third-order valence-corrected chi connectivity index (χ3v) is 8.20. The smallest absolute Gasteiger partial charge is 0.337 e. The number of benzene rings is 1. The Kier molecular flexibility index (Phi) is 7.93. The molecular formula is C25H33N3O5S. The number of thioether (sulfide) groups is 1. The fourth-order valence-corrected chi connectivity index (χ4v) is 6.40. The first-order valence-corrected chi connectivity index (χ1v) is 12.9. The van der Waals surface area contributed by atoms with Crippen LogP contribution in [-0.2, 0) is 20.8 Å². The molecule has 0 spiro atoms. The third-order valence-electron chi connectivity index (χ3n) is 7.23. The minimum absolute atomic E-state index is 0.0543. The van der Waals surface area contributed by atoms with Gasteiger partial charge in [-0.15, -0.1) is 0 Å². The van der Waals surface area contributed by atoms with Gasteiger partial charge >= 0.3 is 5.97 Å². The van der Waals surface area contributed by atoms with Gasteiger partial charge in [-0.2, -0.15) is 0 Å². The van der Waals surface area contributed by atoms with Crippen molar-refractivity contribution in [2.75, 3.05) is 26.6 Å². The van der Waals surface area contributed by atoms with E-state index in [1.807, 2.05) is 0 Å². The summed E-state index contributed by atoms with van der Waals surface area (Å²) in [6, 6.07) is 4.87. The lowest BCUT2D eigenvalue weighted by molar-refractivity contribution is -0.119. The zero-order valence-corrected chi connectivity index (χ0v) is 20.9. The number of hydrogen-bond donors (Lipinski definition) is 1. The van der Waals surface area contributed by atoms with Crippen molar-refractivity contribution in [3.63, 3.8) is 0 Å². The number of esters is 1. The van der Waals surface area contributed by atoms with Crippen LogP contribution in [0.1, 0.15) is 49.4 Å². The fraction of sp³-hybridized carbons (Fsp3) is 0.600. The van der Waals surface area contributed by atoms with E-state index < -0.39 is 5.97 Å². The number of nitrogens with one attached hydrogen (secondary N) is 1. The summed E-state index contributed by atoms with van der Waals surface area (Å²) < 4.78 is 11.5. The Balaban J connectivity index is 1.51. The molecule has 1 aromatic heterocycles. The van der Waals surface area contributed by atoms with Crippen molar-refractivity contribution in [2.45, 2.75) is 56.8 Å². The standard InChI is InChI=1S/C25H33N3O5S/c1-15(20-12-16-5-6-17(20)11-16)26-22(29)14-34-25-27-21-13-18(24(31)33-3)7-8-19(21)23(30)28(25)9-4-10-32-2/h7-8,13,15-17,20H,4-6,9-12,14H2,1-3H3,(H,26,29)/t15-,16-,17-,20-/m1/s1. The maximum atomic E-state index is 13.2. The van der Waals surface area contributed by atoms with Gasteiger partial charge in [-0.25, -0.2) is 9.78 Å². The van der Waals surface area contributed by atoms with Crippen LogP contribution in [0.2, 0.25) is 0 Å². The number of amides is 1. The quantitative estimate of drug-likeness (QED) is 0.238. The van der Waals surface area contributed by atoms with E-state index in [9.17, 15) is 14.4 Å². The van der Waals surface area contributed by atoms with E-state index in [2.05, 4.69) is 17.2 Å². The van der Waals surface area contributed by atoms with Crippen LogP contribution in [0.3, 0.4) is 0 Å². The van der Waals surface area contributed by atoms with E-state index in [1.54, 1.807) is 29.9 Å². The topological polar surface area (TPSA) is 99.5 Å². The summed E-state index contributed by atoms with van der Waals surface area (Å²) in [7, 11) is 2.93. The molecule has 2 aliphatic rings. The average molecular weight is 488 g/mol. The average Bonchev–Trinajstić information content (AvgIpc) is 3.47. The summed E-state index contributed by atoms with van der Waals surface area (Å²) in [4.78, 5) is 42.6. The summed E-state index contributed by atoms with van der Waals surface area (Å²) in [5, 5.41) is 4.05. The summed E-state index contributed by atoms with van der Waals surface area (Å²) in [6.45, 7) is 3.05. The van der Waals surface area contributed by atoms with Gasteiger partial charge in [0.15, 0.2) is 5.16 Å². The Morgan fingerprint density at radius 3 is 2.76 bits per heavy atom. The Labute approximate surface area is 203 Å². The number of rotatable bonds is 10. The lowest BCUT2D eigenvalue weighted by atomic mass is 9.84. The minimum atomic E-state index is -0.490. The van der Waals surface area contributed by atoms with E-state index in [1.165, 1.54) is 44.6 Å². The van der Waals surface area contributed by atoms with E-state index in [-0.39, 0.29) is 23.3 Å². The van der Waals surface area contributed by atoms with Gasteiger partial charge in [-0.3, -0.25) is 14.2 Å². The molecule has 8 nitrogen and oxygen atoms in total. The number of carbonyl (C=O) groups is 2. The number of methoxy groups -OCH3 is 2. The molecule has 0 unspecified atom stereocenters. The molecule has 1 heterocycles. The summed E-state index contributed by atoms with van der Waals surface area (Å²) in [5.41, 5.74) is 0.539. The molecule has 2 fully saturated rings. The second kappa shape index (κ2) is 10.9. The summed E-state index contributed by atoms with van der Waals surface area (Å²) >= 11 is 1.24. The van der Waals surface area contributed by atoms with E-state index >= 15 is 0 Å². The van der Waals surface area contributed by atoms with Gasteiger partial charge in [0, 0.05) is 26.3 Å². The molecule has 2 aliphatic carbocycles. The van der Waals surface area contributed by atoms with E-state index in [4.69, 9.17) is 9.47 Å². The first kappa shape index (κ1) is 24.7. The van der Waals surface area contributed by atoms with Gasteiger partial charge in [-0.1, -0.05) is 18.2 Å². The lowest BCUT2D eigenvalue weighted by Gasteiger charge is -2.28. The first-order valence-electron chi connectivity index (χ1n) is 11.9. The Morgan fingerprint density at radius 2 is 2.09 bits per heavy atom. The molecule has 4 atom stereocenters. The van der Waals surface area contributed by atoms with Gasteiger partial charge in [0.25, 0.3) is 5.56 Å². The molecule has 1 N–H and O–H groups in total. The van der Waals surface area contributed by atoms with Gasteiger partial charge in [0.2, 0.25) is 5.91 Å². The predicted octanol–water partition coefficient (Wildman–Crippen LogP) is 3.25. The zero-order valence-electron chi connectivity index (χ0n) is 20.0. The van der Waals surface area contributed by atoms with Crippen LogP contribution in [-0.4, -0.2) is 54.0 Å². The molecule has 0 saturated heterocycles. The fourth-order valence-electron chi connectivity index (χ4n) is 5.56. The third kappa shape index (κ3) is 5.30. The van der Waals surface area contributed by atoms with Crippen LogP contribution in [0.15, 0.2) is 28.2 Å². The number of carbonyl (C=O) groups excluding carboxylic acids is 2. The van der Waals surface area contributed by atoms with Crippen LogP contribution in [0, 0.1) is 17.8 Å². The van der Waals surface area contributed by atoms with Gasteiger partial charge < -0.3 is 14.8 Å². The maximum Gasteiger partial charge on any atom is 0.337 e. The molecule has 0 radical (unpaired) electrons. The molecule has 0 aliphatic heterocycles. The van der Waals surface area contributed by atoms with Gasteiger partial charge in [0.1, 0.15) is 0 Å². The molecule has 1 amide bonds. The van der Waals surface area contributed by atoms with E-state index in [0.29, 0.717) is 47.1 Å². The monoisotopic (exact) mass is 487 g/mol. The zero-order chi connectivity index (χ0) is 24.2. The van der Waals surface area contributed by atoms with Crippen LogP contribution < -0.4 is 10.9 Å². The van der Waals surface area contributed by atoms with Crippen LogP contribution in [0.25, 0.3) is 10.9 Å². The van der Waals surface area contributed by atoms with E-state index in [0.717, 1.165) is 11.8 Å². The minimum Gasteiger partial charge on any atom is -0.465 e. The number of ether oxygens (including phenoxy) is 2. The van der Waals surface area contributed by atoms with Crippen LogP contribution in [0.4, 0.5) is 0 Å². The molecular weight excluding hydrogens is 454 g/mol.